The van der Waals surface area contributed by atoms with Crippen molar-refractivity contribution in [1.29, 1.82) is 0 Å². The van der Waals surface area contributed by atoms with Crippen LogP contribution in [0.15, 0.2) is 41.4 Å². The summed E-state index contributed by atoms with van der Waals surface area (Å²) < 4.78 is 57.1. The number of carbonyl (C=O) groups is 2. The first-order valence-corrected chi connectivity index (χ1v) is 11.1. The van der Waals surface area contributed by atoms with Crippen LogP contribution >= 0.6 is 0 Å². The van der Waals surface area contributed by atoms with Crippen LogP contribution < -0.4 is 15.4 Å². The number of methoxy groups -OCH3 is 1. The van der Waals surface area contributed by atoms with E-state index in [1.807, 2.05) is 0 Å². The van der Waals surface area contributed by atoms with Gasteiger partial charge in [-0.3, -0.25) is 14.7 Å². The number of urea groups is 1. The molecule has 1 aliphatic rings. The number of halogens is 2. The van der Waals surface area contributed by atoms with Crippen LogP contribution in [0.25, 0.3) is 10.9 Å². The number of hydrogen-bond acceptors (Lipinski definition) is 6. The SMILES string of the molecule is COCC(=O)c1ccc2c3c(cnc2c1)CNC(=O)N3Cc1c(F)cc(S(N)(=O)=O)cc1F. The van der Waals surface area contributed by atoms with Gasteiger partial charge in [-0.2, -0.15) is 0 Å². The van der Waals surface area contributed by atoms with E-state index in [-0.39, 0.29) is 18.9 Å². The number of amides is 2. The fourth-order valence-corrected chi connectivity index (χ4v) is 4.16. The zero-order valence-electron chi connectivity index (χ0n) is 17.3. The third-order valence-electron chi connectivity index (χ3n) is 5.22. The Hall–Kier alpha value is -3.48. The number of nitrogens with two attached hydrogens (primary N) is 1. The Balaban J connectivity index is 1.81. The fourth-order valence-electron chi connectivity index (χ4n) is 3.63. The molecule has 172 valence electrons. The van der Waals surface area contributed by atoms with Gasteiger partial charge in [-0.15, -0.1) is 0 Å². The average molecular weight is 476 g/mol. The van der Waals surface area contributed by atoms with Crippen LogP contribution in [0, 0.1) is 11.6 Å². The first kappa shape index (κ1) is 22.7. The van der Waals surface area contributed by atoms with Crippen molar-refractivity contribution in [3.8, 4) is 0 Å². The molecule has 3 aromatic rings. The summed E-state index contributed by atoms with van der Waals surface area (Å²) in [4.78, 5) is 29.6. The number of sulfonamides is 1. The van der Waals surface area contributed by atoms with E-state index in [9.17, 15) is 26.8 Å². The zero-order valence-corrected chi connectivity index (χ0v) is 18.1. The molecule has 2 heterocycles. The van der Waals surface area contributed by atoms with Crippen LogP contribution in [0.1, 0.15) is 21.5 Å². The molecule has 0 aliphatic carbocycles. The number of carbonyl (C=O) groups excluding carboxylic acids is 2. The second kappa shape index (κ2) is 8.46. The summed E-state index contributed by atoms with van der Waals surface area (Å²) in [6.45, 7) is -0.490. The Labute approximate surface area is 187 Å². The molecule has 0 unspecified atom stereocenters. The molecule has 0 spiro atoms. The molecule has 1 aliphatic heterocycles. The number of aromatic nitrogens is 1. The van der Waals surface area contributed by atoms with Crippen molar-refractivity contribution in [3.63, 3.8) is 0 Å². The van der Waals surface area contributed by atoms with Gasteiger partial charge in [-0.1, -0.05) is 6.07 Å². The minimum Gasteiger partial charge on any atom is -0.377 e. The summed E-state index contributed by atoms with van der Waals surface area (Å²) in [5, 5.41) is 8.06. The molecular formula is C21H18F2N4O5S. The standard InChI is InChI=1S/C21H18F2N4O5S/c1-32-10-19(28)11-2-3-14-18(4-11)25-7-12-8-26-21(29)27(20(12)14)9-15-16(22)5-13(6-17(15)23)33(24,30)31/h2-7H,8-10H2,1H3,(H,26,29)(H2,24,30,31). The second-order valence-electron chi connectivity index (χ2n) is 7.38. The third-order valence-corrected chi connectivity index (χ3v) is 6.11. The van der Waals surface area contributed by atoms with Crippen molar-refractivity contribution in [2.45, 2.75) is 18.0 Å². The van der Waals surface area contributed by atoms with E-state index >= 15 is 0 Å². The third kappa shape index (κ3) is 4.27. The van der Waals surface area contributed by atoms with Gasteiger partial charge in [-0.05, 0) is 24.3 Å². The number of ketones is 1. The highest BCUT2D eigenvalue weighted by Gasteiger charge is 2.29. The van der Waals surface area contributed by atoms with Gasteiger partial charge in [0.05, 0.1) is 22.6 Å². The number of rotatable bonds is 6. The van der Waals surface area contributed by atoms with Crippen molar-refractivity contribution in [3.05, 3.63) is 64.9 Å². The van der Waals surface area contributed by atoms with E-state index in [4.69, 9.17) is 9.88 Å². The number of pyridine rings is 1. The predicted octanol–water partition coefficient (Wildman–Crippen LogP) is 2.22. The summed E-state index contributed by atoms with van der Waals surface area (Å²) in [5.74, 6) is -2.58. The number of nitrogens with zero attached hydrogens (tertiary/aromatic N) is 2. The lowest BCUT2D eigenvalue weighted by Crippen LogP contribution is -2.44. The van der Waals surface area contributed by atoms with Crippen LogP contribution in [-0.2, 0) is 27.8 Å². The summed E-state index contributed by atoms with van der Waals surface area (Å²) >= 11 is 0. The quantitative estimate of drug-likeness (QED) is 0.525. The Bertz CT molecular complexity index is 1390. The van der Waals surface area contributed by atoms with E-state index in [1.165, 1.54) is 13.3 Å². The van der Waals surface area contributed by atoms with E-state index < -0.39 is 44.7 Å². The van der Waals surface area contributed by atoms with Crippen LogP contribution in [0.5, 0.6) is 0 Å². The summed E-state index contributed by atoms with van der Waals surface area (Å²) in [6, 6.07) is 5.31. The fraction of sp³-hybridized carbons (Fsp3) is 0.190. The lowest BCUT2D eigenvalue weighted by atomic mass is 10.0. The number of anilines is 1. The van der Waals surface area contributed by atoms with Crippen molar-refractivity contribution in [2.75, 3.05) is 18.6 Å². The van der Waals surface area contributed by atoms with Gasteiger partial charge in [0.2, 0.25) is 10.0 Å². The van der Waals surface area contributed by atoms with Crippen LogP contribution in [0.4, 0.5) is 19.3 Å². The maximum absolute atomic E-state index is 14.6. The zero-order chi connectivity index (χ0) is 23.9. The molecule has 0 saturated heterocycles. The molecule has 0 radical (unpaired) electrons. The molecule has 2 aromatic carbocycles. The monoisotopic (exact) mass is 476 g/mol. The van der Waals surface area contributed by atoms with E-state index in [2.05, 4.69) is 10.3 Å². The highest BCUT2D eigenvalue weighted by atomic mass is 32.2. The molecule has 2 amide bonds. The van der Waals surface area contributed by atoms with Crippen LogP contribution in [-0.4, -0.2) is 38.9 Å². The topological polar surface area (TPSA) is 132 Å². The van der Waals surface area contributed by atoms with Gasteiger partial charge < -0.3 is 10.1 Å². The van der Waals surface area contributed by atoms with E-state index in [0.29, 0.717) is 39.8 Å². The predicted molar refractivity (Wildman–Crippen MR) is 114 cm³/mol. The number of primary sulfonamides is 1. The number of benzene rings is 2. The lowest BCUT2D eigenvalue weighted by molar-refractivity contribution is 0.0848. The second-order valence-corrected chi connectivity index (χ2v) is 8.94. The molecule has 4 rings (SSSR count). The minimum absolute atomic E-state index is 0.113. The molecular weight excluding hydrogens is 458 g/mol. The van der Waals surface area contributed by atoms with Crippen LogP contribution in [0.3, 0.4) is 0 Å². The van der Waals surface area contributed by atoms with Gasteiger partial charge in [0.15, 0.2) is 5.78 Å². The molecule has 3 N–H and O–H groups in total. The van der Waals surface area contributed by atoms with Gasteiger partial charge in [-0.25, -0.2) is 27.1 Å². The number of fused-ring (bicyclic) bond motifs is 3. The lowest BCUT2D eigenvalue weighted by Gasteiger charge is -2.31. The molecule has 33 heavy (non-hydrogen) atoms. The van der Waals surface area contributed by atoms with Crippen molar-refractivity contribution >= 4 is 38.4 Å². The van der Waals surface area contributed by atoms with E-state index in [0.717, 1.165) is 4.90 Å². The number of nitrogens with one attached hydrogen (secondary N) is 1. The molecule has 1 aromatic heterocycles. The normalized spacial score (nSPS) is 13.7. The molecule has 0 saturated carbocycles. The maximum atomic E-state index is 14.6. The summed E-state index contributed by atoms with van der Waals surface area (Å²) in [5.41, 5.74) is 1.23. The summed E-state index contributed by atoms with van der Waals surface area (Å²) in [6.07, 6.45) is 1.51. The largest absolute Gasteiger partial charge is 0.377 e. The first-order chi connectivity index (χ1) is 15.6. The number of Topliss-reactive ketones (excluding diaryl/α,β-unsaturated/α-hetero) is 1. The Morgan fingerprint density at radius 1 is 1.24 bits per heavy atom. The van der Waals surface area contributed by atoms with Crippen molar-refractivity contribution in [2.24, 2.45) is 5.14 Å². The molecule has 9 nitrogen and oxygen atoms in total. The molecule has 0 bridgehead atoms. The van der Waals surface area contributed by atoms with Gasteiger partial charge in [0.25, 0.3) is 0 Å². The highest BCUT2D eigenvalue weighted by Crippen LogP contribution is 2.34. The molecule has 12 heteroatoms. The van der Waals surface area contributed by atoms with E-state index in [1.54, 1.807) is 18.2 Å². The van der Waals surface area contributed by atoms with Crippen molar-refractivity contribution < 1.29 is 31.5 Å². The van der Waals surface area contributed by atoms with Gasteiger partial charge in [0.1, 0.15) is 18.2 Å². The average Bonchev–Trinajstić information content (AvgIpc) is 2.76. The smallest absolute Gasteiger partial charge is 0.322 e. The number of ether oxygens (including phenoxy) is 1. The minimum atomic E-state index is -4.32. The molecule has 0 atom stereocenters. The van der Waals surface area contributed by atoms with Gasteiger partial charge >= 0.3 is 6.03 Å². The Kier molecular flexibility index (Phi) is 5.82. The van der Waals surface area contributed by atoms with Crippen molar-refractivity contribution in [1.82, 2.24) is 10.3 Å². The molecule has 0 fully saturated rings. The highest BCUT2D eigenvalue weighted by molar-refractivity contribution is 7.89. The maximum Gasteiger partial charge on any atom is 0.322 e. The van der Waals surface area contributed by atoms with Gasteiger partial charge in [0, 0.05) is 41.9 Å². The summed E-state index contributed by atoms with van der Waals surface area (Å²) in [7, 11) is -2.92. The Morgan fingerprint density at radius 2 is 1.94 bits per heavy atom. The first-order valence-electron chi connectivity index (χ1n) is 9.60. The Morgan fingerprint density at radius 3 is 2.58 bits per heavy atom. The number of hydrogen-bond donors (Lipinski definition) is 2. The van der Waals surface area contributed by atoms with Crippen LogP contribution in [0.2, 0.25) is 0 Å².